The van der Waals surface area contributed by atoms with Crippen molar-refractivity contribution in [3.63, 3.8) is 0 Å². The van der Waals surface area contributed by atoms with Crippen molar-refractivity contribution < 1.29 is 9.53 Å². The van der Waals surface area contributed by atoms with Crippen LogP contribution in [0.1, 0.15) is 27.2 Å². The number of hydrogen-bond donors (Lipinski definition) is 2. The quantitative estimate of drug-likeness (QED) is 0.542. The molecule has 0 aliphatic carbocycles. The minimum absolute atomic E-state index is 0.402. The van der Waals surface area contributed by atoms with Crippen LogP contribution in [0.5, 0.6) is 0 Å². The third kappa shape index (κ3) is 2.34. The molecule has 0 saturated carbocycles. The van der Waals surface area contributed by atoms with Crippen molar-refractivity contribution in [3.8, 4) is 10.6 Å². The number of H-pyrrole nitrogens is 2. The molecule has 1 aliphatic heterocycles. The van der Waals surface area contributed by atoms with E-state index >= 15 is 0 Å². The average Bonchev–Trinajstić information content (AvgIpc) is 3.20. The van der Waals surface area contributed by atoms with E-state index in [9.17, 15) is 4.79 Å². The van der Waals surface area contributed by atoms with E-state index in [1.54, 1.807) is 17.5 Å². The molecule has 7 heteroatoms. The maximum Gasteiger partial charge on any atom is 0.347 e. The number of hydrogen-bond acceptors (Lipinski definition) is 5. The summed E-state index contributed by atoms with van der Waals surface area (Å²) in [6, 6.07) is 5.85. The van der Waals surface area contributed by atoms with Crippen LogP contribution < -0.4 is 0 Å². The Morgan fingerprint density at radius 3 is 3.09 bits per heavy atom. The highest BCUT2D eigenvalue weighted by molar-refractivity contribution is 7.71. The van der Waals surface area contributed by atoms with Gasteiger partial charge in [0.15, 0.2) is 0 Å². The molecule has 0 spiro atoms. The SMILES string of the molecule is Cc1cc2c(c(=S)[nH]1)C(=O)OC2=Cc1cn[nH]c1-c1cccs1. The number of carbonyl (C=O) groups excluding carboxylic acids is 1. The Morgan fingerprint density at radius 1 is 1.43 bits per heavy atom. The number of thiophene rings is 1. The minimum Gasteiger partial charge on any atom is -0.422 e. The molecule has 0 fully saturated rings. The van der Waals surface area contributed by atoms with Crippen LogP contribution in [-0.2, 0) is 4.74 Å². The van der Waals surface area contributed by atoms with Gasteiger partial charge in [0.25, 0.3) is 0 Å². The molecule has 23 heavy (non-hydrogen) atoms. The topological polar surface area (TPSA) is 70.8 Å². The molecule has 1 aliphatic rings. The van der Waals surface area contributed by atoms with Gasteiger partial charge in [-0.1, -0.05) is 18.3 Å². The number of pyridine rings is 1. The van der Waals surface area contributed by atoms with E-state index in [0.29, 0.717) is 16.0 Å². The summed E-state index contributed by atoms with van der Waals surface area (Å²) in [6.45, 7) is 1.89. The molecule has 3 aromatic heterocycles. The van der Waals surface area contributed by atoms with E-state index < -0.39 is 5.97 Å². The van der Waals surface area contributed by atoms with Crippen LogP contribution in [0.2, 0.25) is 0 Å². The first-order valence-electron chi connectivity index (χ1n) is 6.89. The zero-order chi connectivity index (χ0) is 16.0. The van der Waals surface area contributed by atoms with Crippen molar-refractivity contribution in [2.24, 2.45) is 0 Å². The standard InChI is InChI=1S/C16H11N3O2S2/c1-8-5-10-11(21-16(20)13(10)15(22)18-8)6-9-7-17-19-14(9)12-3-2-4-23-12/h2-7H,1H3,(H,17,19)(H,18,22). The fourth-order valence-corrected chi connectivity index (χ4v) is 3.66. The van der Waals surface area contributed by atoms with Crippen LogP contribution in [0.25, 0.3) is 22.4 Å². The number of aryl methyl sites for hydroxylation is 1. The van der Waals surface area contributed by atoms with Crippen molar-refractivity contribution in [1.29, 1.82) is 0 Å². The van der Waals surface area contributed by atoms with Crippen LogP contribution in [0.15, 0.2) is 29.8 Å². The van der Waals surface area contributed by atoms with E-state index in [2.05, 4.69) is 15.2 Å². The molecular formula is C16H11N3O2S2. The van der Waals surface area contributed by atoms with Crippen molar-refractivity contribution in [1.82, 2.24) is 15.2 Å². The van der Waals surface area contributed by atoms with Crippen LogP contribution >= 0.6 is 23.6 Å². The third-order valence-electron chi connectivity index (χ3n) is 3.56. The summed E-state index contributed by atoms with van der Waals surface area (Å²) in [5.41, 5.74) is 3.77. The first-order valence-corrected chi connectivity index (χ1v) is 8.17. The van der Waals surface area contributed by atoms with Crippen molar-refractivity contribution in [2.75, 3.05) is 0 Å². The third-order valence-corrected chi connectivity index (χ3v) is 4.76. The zero-order valence-corrected chi connectivity index (χ0v) is 13.7. The van der Waals surface area contributed by atoms with Gasteiger partial charge in [0, 0.05) is 16.8 Å². The number of aromatic nitrogens is 3. The lowest BCUT2D eigenvalue weighted by molar-refractivity contribution is 0.0716. The molecule has 4 rings (SSSR count). The Balaban J connectivity index is 1.86. The molecule has 0 amide bonds. The second-order valence-corrected chi connectivity index (χ2v) is 6.50. The number of fused-ring (bicyclic) bond motifs is 1. The van der Waals surface area contributed by atoms with Gasteiger partial charge in [-0.3, -0.25) is 5.10 Å². The number of ether oxygens (including phenoxy) is 1. The van der Waals surface area contributed by atoms with Crippen LogP contribution in [0.3, 0.4) is 0 Å². The van der Waals surface area contributed by atoms with E-state index in [-0.39, 0.29) is 0 Å². The molecule has 0 atom stereocenters. The van der Waals surface area contributed by atoms with E-state index in [4.69, 9.17) is 17.0 Å². The maximum absolute atomic E-state index is 12.1. The lowest BCUT2D eigenvalue weighted by Gasteiger charge is -2.01. The van der Waals surface area contributed by atoms with Gasteiger partial charge in [-0.05, 0) is 30.5 Å². The van der Waals surface area contributed by atoms with E-state index in [1.165, 1.54) is 0 Å². The number of esters is 1. The number of cyclic esters (lactones) is 1. The maximum atomic E-state index is 12.1. The van der Waals surface area contributed by atoms with E-state index in [1.807, 2.05) is 36.6 Å². The molecule has 0 bridgehead atoms. The highest BCUT2D eigenvalue weighted by Crippen LogP contribution is 2.34. The highest BCUT2D eigenvalue weighted by atomic mass is 32.1. The summed E-state index contributed by atoms with van der Waals surface area (Å²) in [5.74, 6) is 0.0704. The fourth-order valence-electron chi connectivity index (χ4n) is 2.56. The average molecular weight is 341 g/mol. The molecule has 2 N–H and O–H groups in total. The Bertz CT molecular complexity index is 997. The summed E-state index contributed by atoms with van der Waals surface area (Å²) < 4.78 is 5.81. The lowest BCUT2D eigenvalue weighted by Crippen LogP contribution is -1.97. The normalized spacial score (nSPS) is 15.0. The summed E-state index contributed by atoms with van der Waals surface area (Å²) in [5, 5.41) is 9.09. The Labute approximate surface area is 140 Å². The van der Waals surface area contributed by atoms with Gasteiger partial charge in [0.1, 0.15) is 16.0 Å². The molecule has 0 radical (unpaired) electrons. The number of rotatable bonds is 2. The predicted octanol–water partition coefficient (Wildman–Crippen LogP) is 4.17. The molecule has 0 unspecified atom stereocenters. The van der Waals surface area contributed by atoms with Gasteiger partial charge in [-0.2, -0.15) is 5.10 Å². The van der Waals surface area contributed by atoms with Gasteiger partial charge < -0.3 is 9.72 Å². The Kier molecular flexibility index (Phi) is 3.24. The summed E-state index contributed by atoms with van der Waals surface area (Å²) in [6.07, 6.45) is 3.53. The highest BCUT2D eigenvalue weighted by Gasteiger charge is 2.29. The molecular weight excluding hydrogens is 330 g/mol. The Hall–Kier alpha value is -2.51. The predicted molar refractivity (Wildman–Crippen MR) is 91.6 cm³/mol. The molecule has 0 saturated heterocycles. The smallest absolute Gasteiger partial charge is 0.347 e. The van der Waals surface area contributed by atoms with E-state index in [0.717, 1.165) is 27.4 Å². The van der Waals surface area contributed by atoms with Gasteiger partial charge >= 0.3 is 5.97 Å². The van der Waals surface area contributed by atoms with Gasteiger partial charge in [0.2, 0.25) is 0 Å². The molecule has 114 valence electrons. The largest absolute Gasteiger partial charge is 0.422 e. The lowest BCUT2D eigenvalue weighted by atomic mass is 10.1. The number of aromatic amines is 2. The van der Waals surface area contributed by atoms with Gasteiger partial charge in [-0.15, -0.1) is 11.3 Å². The van der Waals surface area contributed by atoms with Crippen LogP contribution in [0, 0.1) is 11.6 Å². The summed E-state index contributed by atoms with van der Waals surface area (Å²) in [7, 11) is 0. The van der Waals surface area contributed by atoms with Gasteiger partial charge in [0.05, 0.1) is 16.8 Å². The fraction of sp³-hybridized carbons (Fsp3) is 0.0625. The van der Waals surface area contributed by atoms with Crippen LogP contribution in [-0.4, -0.2) is 21.2 Å². The van der Waals surface area contributed by atoms with Crippen molar-refractivity contribution >= 4 is 41.4 Å². The summed E-state index contributed by atoms with van der Waals surface area (Å²) in [4.78, 5) is 16.1. The second kappa shape index (κ2) is 5.29. The second-order valence-electron chi connectivity index (χ2n) is 5.15. The monoisotopic (exact) mass is 341 g/mol. The van der Waals surface area contributed by atoms with Gasteiger partial charge in [-0.25, -0.2) is 4.79 Å². The summed E-state index contributed by atoms with van der Waals surface area (Å²) >= 11 is 6.85. The number of carbonyl (C=O) groups is 1. The first kappa shape index (κ1) is 14.1. The first-order chi connectivity index (χ1) is 11.1. The van der Waals surface area contributed by atoms with Crippen molar-refractivity contribution in [3.05, 3.63) is 56.8 Å². The molecule has 4 heterocycles. The molecule has 5 nitrogen and oxygen atoms in total. The van der Waals surface area contributed by atoms with Crippen molar-refractivity contribution in [2.45, 2.75) is 6.92 Å². The number of nitrogens with one attached hydrogen (secondary N) is 2. The Morgan fingerprint density at radius 2 is 2.30 bits per heavy atom. The zero-order valence-electron chi connectivity index (χ0n) is 12.0. The molecule has 0 aromatic carbocycles. The minimum atomic E-state index is -0.423. The number of nitrogens with zero attached hydrogens (tertiary/aromatic N) is 1. The molecule has 3 aromatic rings. The van der Waals surface area contributed by atoms with Crippen LogP contribution in [0.4, 0.5) is 0 Å².